The standard InChI is InChI=1S/C8H15NO.C7H16/c1-9-8(10)7-5-3-2-4-6-7;1-3-5-7-6-4-2/h7H,2-6H2,1H3,(H,9,10);3-7H2,1-2H3. The summed E-state index contributed by atoms with van der Waals surface area (Å²) in [7, 11) is 1.72. The van der Waals surface area contributed by atoms with Crippen LogP contribution in [-0.2, 0) is 4.79 Å². The Labute approximate surface area is 108 Å². The zero-order valence-corrected chi connectivity index (χ0v) is 12.1. The number of hydrogen-bond acceptors (Lipinski definition) is 1. The van der Waals surface area contributed by atoms with Crippen molar-refractivity contribution in [2.45, 2.75) is 78.1 Å². The van der Waals surface area contributed by atoms with Crippen molar-refractivity contribution in [3.63, 3.8) is 0 Å². The summed E-state index contributed by atoms with van der Waals surface area (Å²) in [5.74, 6) is 0.554. The minimum absolute atomic E-state index is 0.236. The van der Waals surface area contributed by atoms with Crippen LogP contribution in [0.25, 0.3) is 0 Å². The molecule has 17 heavy (non-hydrogen) atoms. The number of carbonyl (C=O) groups excluding carboxylic acids is 1. The molecule has 1 N–H and O–H groups in total. The minimum atomic E-state index is 0.236. The summed E-state index contributed by atoms with van der Waals surface area (Å²) in [4.78, 5) is 11.1. The first-order valence-corrected chi connectivity index (χ1v) is 7.47. The van der Waals surface area contributed by atoms with Crippen LogP contribution in [0.1, 0.15) is 78.1 Å². The van der Waals surface area contributed by atoms with E-state index < -0.39 is 0 Å². The number of rotatable bonds is 5. The number of hydrogen-bond donors (Lipinski definition) is 1. The third kappa shape index (κ3) is 9.20. The molecular weight excluding hydrogens is 210 g/mol. The molecule has 1 aliphatic carbocycles. The van der Waals surface area contributed by atoms with Crippen molar-refractivity contribution >= 4 is 5.91 Å². The Morgan fingerprint density at radius 1 is 1.00 bits per heavy atom. The molecule has 1 rings (SSSR count). The van der Waals surface area contributed by atoms with E-state index in [-0.39, 0.29) is 5.91 Å². The second kappa shape index (κ2) is 11.9. The van der Waals surface area contributed by atoms with Crippen LogP contribution in [0.5, 0.6) is 0 Å². The molecule has 0 radical (unpaired) electrons. The van der Waals surface area contributed by atoms with Gasteiger partial charge in [-0.25, -0.2) is 0 Å². The lowest BCUT2D eigenvalue weighted by Crippen LogP contribution is -2.28. The molecule has 1 amide bonds. The summed E-state index contributed by atoms with van der Waals surface area (Å²) in [5, 5.41) is 2.70. The zero-order chi connectivity index (χ0) is 12.9. The fourth-order valence-electron chi connectivity index (χ4n) is 2.25. The van der Waals surface area contributed by atoms with E-state index in [9.17, 15) is 4.79 Å². The van der Waals surface area contributed by atoms with Crippen molar-refractivity contribution in [1.82, 2.24) is 5.32 Å². The van der Waals surface area contributed by atoms with Crippen molar-refractivity contribution in [1.29, 1.82) is 0 Å². The van der Waals surface area contributed by atoms with E-state index in [1.807, 2.05) is 0 Å². The predicted octanol–water partition coefficient (Wildman–Crippen LogP) is 4.29. The van der Waals surface area contributed by atoms with Gasteiger partial charge < -0.3 is 5.32 Å². The Balaban J connectivity index is 0.000000325. The molecule has 1 saturated carbocycles. The van der Waals surface area contributed by atoms with Crippen LogP contribution < -0.4 is 5.32 Å². The molecule has 0 unspecified atom stereocenters. The Morgan fingerprint density at radius 2 is 1.53 bits per heavy atom. The number of carbonyl (C=O) groups is 1. The molecule has 1 fully saturated rings. The van der Waals surface area contributed by atoms with E-state index in [1.165, 1.54) is 51.4 Å². The van der Waals surface area contributed by atoms with Gasteiger partial charge in [0.05, 0.1) is 0 Å². The van der Waals surface area contributed by atoms with Gasteiger partial charge in [-0.1, -0.05) is 65.2 Å². The molecule has 0 saturated heterocycles. The van der Waals surface area contributed by atoms with E-state index in [0.717, 1.165) is 12.8 Å². The van der Waals surface area contributed by atoms with Crippen molar-refractivity contribution < 1.29 is 4.79 Å². The first kappa shape index (κ1) is 16.5. The first-order chi connectivity index (χ1) is 8.26. The predicted molar refractivity (Wildman–Crippen MR) is 75.1 cm³/mol. The van der Waals surface area contributed by atoms with Crippen molar-refractivity contribution in [3.8, 4) is 0 Å². The second-order valence-corrected chi connectivity index (χ2v) is 5.01. The molecule has 0 spiro atoms. The lowest BCUT2D eigenvalue weighted by molar-refractivity contribution is -0.125. The minimum Gasteiger partial charge on any atom is -0.359 e. The maximum absolute atomic E-state index is 11.1. The van der Waals surface area contributed by atoms with Crippen LogP contribution in [0.4, 0.5) is 0 Å². The van der Waals surface area contributed by atoms with Gasteiger partial charge in [0, 0.05) is 13.0 Å². The van der Waals surface area contributed by atoms with E-state index >= 15 is 0 Å². The van der Waals surface area contributed by atoms with E-state index in [1.54, 1.807) is 7.05 Å². The zero-order valence-electron chi connectivity index (χ0n) is 12.1. The van der Waals surface area contributed by atoms with Gasteiger partial charge in [-0.05, 0) is 12.8 Å². The molecule has 1 aliphatic rings. The Kier molecular flexibility index (Phi) is 11.6. The van der Waals surface area contributed by atoms with Crippen molar-refractivity contribution in [3.05, 3.63) is 0 Å². The van der Waals surface area contributed by atoms with Gasteiger partial charge in [0.1, 0.15) is 0 Å². The summed E-state index contributed by atoms with van der Waals surface area (Å²) >= 11 is 0. The van der Waals surface area contributed by atoms with Crippen LogP contribution in [0.15, 0.2) is 0 Å². The van der Waals surface area contributed by atoms with Crippen LogP contribution in [0.2, 0.25) is 0 Å². The van der Waals surface area contributed by atoms with Crippen molar-refractivity contribution in [2.24, 2.45) is 5.92 Å². The topological polar surface area (TPSA) is 29.1 Å². The molecule has 0 aromatic rings. The van der Waals surface area contributed by atoms with Crippen LogP contribution in [0, 0.1) is 5.92 Å². The van der Waals surface area contributed by atoms with Gasteiger partial charge in [-0.2, -0.15) is 0 Å². The monoisotopic (exact) mass is 241 g/mol. The lowest BCUT2D eigenvalue weighted by Gasteiger charge is -2.19. The van der Waals surface area contributed by atoms with E-state index in [4.69, 9.17) is 0 Å². The SMILES string of the molecule is CCCCCCC.CNC(=O)C1CCCCC1. The lowest BCUT2D eigenvalue weighted by atomic mass is 9.89. The van der Waals surface area contributed by atoms with Gasteiger partial charge in [-0.15, -0.1) is 0 Å². The summed E-state index contributed by atoms with van der Waals surface area (Å²) in [6.07, 6.45) is 13.0. The average molecular weight is 241 g/mol. The molecule has 0 atom stereocenters. The average Bonchev–Trinajstić information content (AvgIpc) is 2.40. The highest BCUT2D eigenvalue weighted by Gasteiger charge is 2.19. The van der Waals surface area contributed by atoms with Gasteiger partial charge in [0.15, 0.2) is 0 Å². The molecule has 2 nitrogen and oxygen atoms in total. The van der Waals surface area contributed by atoms with Crippen LogP contribution >= 0.6 is 0 Å². The largest absolute Gasteiger partial charge is 0.359 e. The molecule has 0 aliphatic heterocycles. The first-order valence-electron chi connectivity index (χ1n) is 7.47. The fraction of sp³-hybridized carbons (Fsp3) is 0.933. The van der Waals surface area contributed by atoms with E-state index in [0.29, 0.717) is 5.92 Å². The van der Waals surface area contributed by atoms with Gasteiger partial charge in [0.2, 0.25) is 5.91 Å². The van der Waals surface area contributed by atoms with Gasteiger partial charge in [-0.3, -0.25) is 4.79 Å². The summed E-state index contributed by atoms with van der Waals surface area (Å²) in [6.45, 7) is 4.49. The second-order valence-electron chi connectivity index (χ2n) is 5.01. The summed E-state index contributed by atoms with van der Waals surface area (Å²) in [5.41, 5.74) is 0. The highest BCUT2D eigenvalue weighted by atomic mass is 16.1. The number of nitrogens with one attached hydrogen (secondary N) is 1. The van der Waals surface area contributed by atoms with Gasteiger partial charge >= 0.3 is 0 Å². The smallest absolute Gasteiger partial charge is 0.222 e. The Hall–Kier alpha value is -0.530. The molecule has 0 heterocycles. The normalized spacial score (nSPS) is 15.9. The Bertz CT molecular complexity index is 170. The molecule has 102 valence electrons. The number of amides is 1. The molecule has 2 heteroatoms. The quantitative estimate of drug-likeness (QED) is 0.715. The maximum atomic E-state index is 11.1. The van der Waals surface area contributed by atoms with Crippen LogP contribution in [0.3, 0.4) is 0 Å². The molecule has 0 aromatic heterocycles. The maximum Gasteiger partial charge on any atom is 0.222 e. The summed E-state index contributed by atoms with van der Waals surface area (Å²) < 4.78 is 0. The van der Waals surface area contributed by atoms with Crippen LogP contribution in [-0.4, -0.2) is 13.0 Å². The highest BCUT2D eigenvalue weighted by Crippen LogP contribution is 2.23. The third-order valence-electron chi connectivity index (χ3n) is 3.43. The van der Waals surface area contributed by atoms with Gasteiger partial charge in [0.25, 0.3) is 0 Å². The van der Waals surface area contributed by atoms with E-state index in [2.05, 4.69) is 19.2 Å². The fourth-order valence-corrected chi connectivity index (χ4v) is 2.25. The molecular formula is C15H31NO. The highest BCUT2D eigenvalue weighted by molar-refractivity contribution is 5.78. The Morgan fingerprint density at radius 3 is 1.94 bits per heavy atom. The molecule has 0 aromatic carbocycles. The molecule has 0 bridgehead atoms. The third-order valence-corrected chi connectivity index (χ3v) is 3.43. The number of unbranched alkanes of at least 4 members (excludes halogenated alkanes) is 4. The summed E-state index contributed by atoms with van der Waals surface area (Å²) in [6, 6.07) is 0. The van der Waals surface area contributed by atoms with Crippen molar-refractivity contribution in [2.75, 3.05) is 7.05 Å².